The summed E-state index contributed by atoms with van der Waals surface area (Å²) in [5, 5.41) is 4.12. The van der Waals surface area contributed by atoms with Crippen molar-refractivity contribution in [2.45, 2.75) is 25.8 Å². The summed E-state index contributed by atoms with van der Waals surface area (Å²) in [4.78, 5) is 10.9. The van der Waals surface area contributed by atoms with Crippen LogP contribution in [0.5, 0.6) is 0 Å². The number of imidazole rings is 1. The second-order valence-electron chi connectivity index (χ2n) is 7.30. The van der Waals surface area contributed by atoms with Gasteiger partial charge in [-0.3, -0.25) is 4.90 Å². The first-order valence-corrected chi connectivity index (χ1v) is 12.5. The molecule has 0 atom stereocenters. The van der Waals surface area contributed by atoms with Crippen LogP contribution in [0, 0.1) is 6.92 Å². The number of nitrogens with one attached hydrogen (secondary N) is 2. The average molecular weight is 542 g/mol. The zero-order valence-corrected chi connectivity index (χ0v) is 19.0. The number of rotatable bonds is 5. The number of nitrogens with zero attached hydrogens (tertiary/aromatic N) is 5. The van der Waals surface area contributed by atoms with Gasteiger partial charge in [0.1, 0.15) is 0 Å². The molecular formula is C19H19F2IN7S-. The van der Waals surface area contributed by atoms with Crippen LogP contribution in [-0.4, -0.2) is 42.7 Å². The number of allylic oxidation sites excluding steroid dienone is 2. The summed E-state index contributed by atoms with van der Waals surface area (Å²) in [6.45, 7) is 2.56. The molecule has 3 aromatic heterocycles. The monoisotopic (exact) mass is 542 g/mol. The zero-order valence-electron chi connectivity index (χ0n) is 16.1. The fourth-order valence-corrected chi connectivity index (χ4v) is 5.52. The Morgan fingerprint density at radius 2 is 2.30 bits per heavy atom. The first kappa shape index (κ1) is 19.8. The molecule has 2 N–H and O–H groups in total. The summed E-state index contributed by atoms with van der Waals surface area (Å²) in [7, 11) is 0. The van der Waals surface area contributed by atoms with Gasteiger partial charge in [-0.15, -0.1) is 0 Å². The van der Waals surface area contributed by atoms with E-state index in [0.29, 0.717) is 18.9 Å². The molecule has 3 aromatic rings. The van der Waals surface area contributed by atoms with E-state index in [1.54, 1.807) is 4.90 Å². The number of hydrogen-bond donors (Lipinski definition) is 2. The maximum atomic E-state index is 13.4. The molecule has 2 aliphatic rings. The van der Waals surface area contributed by atoms with E-state index in [4.69, 9.17) is 0 Å². The number of anilines is 2. The van der Waals surface area contributed by atoms with Crippen LogP contribution in [0.1, 0.15) is 23.5 Å². The standard InChI is InChI=1S/C19H19F2IN7S/c1-12-9-29-15(13-2-4-22-24-7-13)8-23-18(29)17(25-12)26-16-6-14(27-30-16)10-28-5-3-19(20,21)11-28/h2,4,6-9,24H,3,5,10-11H2,1H3,(H,25,26)/q-1. The van der Waals surface area contributed by atoms with E-state index in [-0.39, 0.29) is 34.4 Å². The Labute approximate surface area is 186 Å². The summed E-state index contributed by atoms with van der Waals surface area (Å²) >= 11 is 1.19. The van der Waals surface area contributed by atoms with E-state index >= 15 is 0 Å². The molecule has 158 valence electrons. The van der Waals surface area contributed by atoms with Crippen LogP contribution in [-0.2, 0) is 6.54 Å². The first-order chi connectivity index (χ1) is 14.5. The molecule has 1 saturated heterocycles. The summed E-state index contributed by atoms with van der Waals surface area (Å²) < 4.78 is 38.8. The van der Waals surface area contributed by atoms with Crippen LogP contribution >= 0.6 is 11.5 Å². The number of alkyl halides is 2. The molecule has 30 heavy (non-hydrogen) atoms. The second kappa shape index (κ2) is 7.85. The van der Waals surface area contributed by atoms with Crippen LogP contribution in [0.2, 0.25) is 0 Å². The average Bonchev–Trinajstić information content (AvgIpc) is 3.41. The number of aryl methyl sites for hydroxylation is 1. The van der Waals surface area contributed by atoms with Gasteiger partial charge in [0.15, 0.2) is 0 Å². The summed E-state index contributed by atoms with van der Waals surface area (Å²) in [6, 6.07) is 1.89. The summed E-state index contributed by atoms with van der Waals surface area (Å²) in [5.74, 6) is -1.95. The van der Waals surface area contributed by atoms with Gasteiger partial charge in [-0.1, -0.05) is 0 Å². The van der Waals surface area contributed by atoms with Crippen molar-refractivity contribution in [3.8, 4) is 0 Å². The van der Waals surface area contributed by atoms with Crippen LogP contribution in [0.3, 0.4) is 0 Å². The van der Waals surface area contributed by atoms with E-state index < -0.39 is 5.92 Å². The van der Waals surface area contributed by atoms with E-state index in [0.717, 1.165) is 33.3 Å². The van der Waals surface area contributed by atoms with Gasteiger partial charge in [-0.25, -0.2) is 8.78 Å². The SMILES string of the molecule is Cc1cn2c(C3=CN[I-]C=C3)cnc2c(Nc2cc(CN3CCC(F)(F)C3)ns2)n1. The molecule has 0 bridgehead atoms. The molecule has 0 saturated carbocycles. The number of halogens is 3. The Hall–Kier alpha value is -2.12. The molecule has 5 rings (SSSR count). The summed E-state index contributed by atoms with van der Waals surface area (Å²) in [6.07, 6.45) is 7.87. The molecule has 0 aliphatic carbocycles. The predicted octanol–water partition coefficient (Wildman–Crippen LogP) is 0.541. The third-order valence-electron chi connectivity index (χ3n) is 4.92. The Morgan fingerprint density at radius 3 is 3.07 bits per heavy atom. The van der Waals surface area contributed by atoms with E-state index in [9.17, 15) is 8.78 Å². The van der Waals surface area contributed by atoms with E-state index in [1.165, 1.54) is 11.5 Å². The molecule has 0 amide bonds. The van der Waals surface area contributed by atoms with Gasteiger partial charge in [0.05, 0.1) is 6.54 Å². The van der Waals surface area contributed by atoms with Crippen molar-refractivity contribution in [3.05, 3.63) is 51.9 Å². The van der Waals surface area contributed by atoms with Gasteiger partial charge >= 0.3 is 148 Å². The van der Waals surface area contributed by atoms with Gasteiger partial charge in [0.2, 0.25) is 0 Å². The third-order valence-corrected chi connectivity index (χ3v) is 7.05. The van der Waals surface area contributed by atoms with Gasteiger partial charge in [-0.05, 0) is 0 Å². The molecule has 0 unspecified atom stereocenters. The number of hydrogen-bond acceptors (Lipinski definition) is 7. The Balaban J connectivity index is 1.38. The molecule has 0 spiro atoms. The molecule has 1 fully saturated rings. The van der Waals surface area contributed by atoms with Crippen molar-refractivity contribution in [3.63, 3.8) is 0 Å². The van der Waals surface area contributed by atoms with Crippen molar-refractivity contribution in [1.82, 2.24) is 27.2 Å². The van der Waals surface area contributed by atoms with Gasteiger partial charge in [0, 0.05) is 13.0 Å². The van der Waals surface area contributed by atoms with Crippen LogP contribution in [0.25, 0.3) is 11.2 Å². The summed E-state index contributed by atoms with van der Waals surface area (Å²) in [5.41, 5.74) is 4.42. The Morgan fingerprint density at radius 1 is 1.40 bits per heavy atom. The molecule has 5 heterocycles. The quantitative estimate of drug-likeness (QED) is 0.363. The predicted molar refractivity (Wildman–Crippen MR) is 108 cm³/mol. The number of aromatic nitrogens is 4. The van der Waals surface area contributed by atoms with Gasteiger partial charge < -0.3 is 0 Å². The zero-order chi connectivity index (χ0) is 20.7. The normalized spacial score (nSPS) is 18.8. The van der Waals surface area contributed by atoms with Gasteiger partial charge in [0.25, 0.3) is 5.92 Å². The van der Waals surface area contributed by atoms with Crippen molar-refractivity contribution in [1.29, 1.82) is 0 Å². The number of fused-ring (bicyclic) bond motifs is 1. The number of likely N-dealkylation sites (tertiary alicyclic amines) is 1. The second-order valence-corrected chi connectivity index (χ2v) is 10.1. The minimum atomic E-state index is -2.59. The topological polar surface area (TPSA) is 70.4 Å². The Bertz CT molecular complexity index is 1150. The molecular weight excluding hydrogens is 523 g/mol. The van der Waals surface area contributed by atoms with Crippen molar-refractivity contribution in [2.24, 2.45) is 0 Å². The molecule has 0 aromatic carbocycles. The molecule has 0 radical (unpaired) electrons. The van der Waals surface area contributed by atoms with Crippen LogP contribution < -0.4 is 30.3 Å². The van der Waals surface area contributed by atoms with Gasteiger partial charge in [-0.2, -0.15) is 0 Å². The Kier molecular flexibility index (Phi) is 5.19. The fourth-order valence-electron chi connectivity index (χ4n) is 3.57. The van der Waals surface area contributed by atoms with Crippen LogP contribution in [0.15, 0.2) is 34.8 Å². The van der Waals surface area contributed by atoms with Crippen molar-refractivity contribution >= 4 is 33.6 Å². The maximum absolute atomic E-state index is 13.4. The van der Waals surface area contributed by atoms with E-state index in [2.05, 4.69) is 33.3 Å². The minimum absolute atomic E-state index is 0.0848. The molecule has 2 aliphatic heterocycles. The van der Waals surface area contributed by atoms with Crippen LogP contribution in [0.4, 0.5) is 19.6 Å². The first-order valence-electron chi connectivity index (χ1n) is 9.39. The van der Waals surface area contributed by atoms with E-state index in [1.807, 2.05) is 36.0 Å². The molecule has 7 nitrogen and oxygen atoms in total. The van der Waals surface area contributed by atoms with Crippen molar-refractivity contribution in [2.75, 3.05) is 18.4 Å². The van der Waals surface area contributed by atoms with Crippen molar-refractivity contribution < 1.29 is 30.3 Å². The third kappa shape index (κ3) is 4.05. The molecule has 11 heteroatoms. The fraction of sp³-hybridized carbons (Fsp3) is 0.316.